The number of nitrogens with zero attached hydrogens (tertiary/aromatic N) is 2. The highest BCUT2D eigenvalue weighted by atomic mass is 32.2. The smallest absolute Gasteiger partial charge is 0.233 e. The van der Waals surface area contributed by atoms with E-state index in [4.69, 9.17) is 0 Å². The van der Waals surface area contributed by atoms with Gasteiger partial charge in [-0.25, -0.2) is 17.8 Å². The molecule has 0 amide bonds. The number of rotatable bonds is 4. The van der Waals surface area contributed by atoms with Crippen molar-refractivity contribution >= 4 is 10.0 Å². The van der Waals surface area contributed by atoms with Crippen molar-refractivity contribution in [1.29, 1.82) is 0 Å². The van der Waals surface area contributed by atoms with Crippen molar-refractivity contribution in [2.45, 2.75) is 18.7 Å². The van der Waals surface area contributed by atoms with Crippen LogP contribution in [-0.4, -0.2) is 25.2 Å². The maximum atomic E-state index is 11.8. The summed E-state index contributed by atoms with van der Waals surface area (Å²) in [6.07, 6.45) is 0. The second kappa shape index (κ2) is 6.22. The van der Waals surface area contributed by atoms with Gasteiger partial charge in [-0.15, -0.1) is 0 Å². The molecule has 0 saturated heterocycles. The molecule has 0 unspecified atom stereocenters. The highest BCUT2D eigenvalue weighted by Gasteiger charge is 2.13. The van der Waals surface area contributed by atoms with Gasteiger partial charge in [0.1, 0.15) is 0 Å². The molecule has 6 heteroatoms. The Labute approximate surface area is 142 Å². The SMILES string of the molecule is CNS(=O)(=O)c1ccc(-n2nc(C)cc2-c2ccc(C)cc2)cc1. The molecule has 3 rings (SSSR count). The minimum Gasteiger partial charge on any atom is -0.233 e. The lowest BCUT2D eigenvalue weighted by Crippen LogP contribution is -2.18. The lowest BCUT2D eigenvalue weighted by Gasteiger charge is -2.09. The zero-order chi connectivity index (χ0) is 17.3. The number of sulfonamides is 1. The van der Waals surface area contributed by atoms with E-state index in [1.807, 2.05) is 24.6 Å². The van der Waals surface area contributed by atoms with Crippen molar-refractivity contribution in [2.24, 2.45) is 0 Å². The van der Waals surface area contributed by atoms with Crippen molar-refractivity contribution in [2.75, 3.05) is 7.05 Å². The number of hydrogen-bond acceptors (Lipinski definition) is 3. The van der Waals surface area contributed by atoms with Crippen LogP contribution in [0.15, 0.2) is 59.5 Å². The van der Waals surface area contributed by atoms with Crippen molar-refractivity contribution in [3.63, 3.8) is 0 Å². The molecule has 1 aromatic heterocycles. The minimum absolute atomic E-state index is 0.231. The summed E-state index contributed by atoms with van der Waals surface area (Å²) in [5, 5.41) is 4.54. The van der Waals surface area contributed by atoms with E-state index in [1.54, 1.807) is 24.3 Å². The van der Waals surface area contributed by atoms with Gasteiger partial charge in [0.25, 0.3) is 0 Å². The third-order valence-corrected chi connectivity index (χ3v) is 5.27. The Morgan fingerprint density at radius 2 is 1.58 bits per heavy atom. The topological polar surface area (TPSA) is 64.0 Å². The van der Waals surface area contributed by atoms with Crippen LogP contribution in [0.1, 0.15) is 11.3 Å². The molecule has 0 fully saturated rings. The second-order valence-electron chi connectivity index (χ2n) is 5.65. The Morgan fingerprint density at radius 1 is 0.958 bits per heavy atom. The van der Waals surface area contributed by atoms with E-state index in [0.717, 1.165) is 22.6 Å². The number of aryl methyl sites for hydroxylation is 2. The van der Waals surface area contributed by atoms with Crippen LogP contribution in [0, 0.1) is 13.8 Å². The van der Waals surface area contributed by atoms with Crippen molar-refractivity contribution < 1.29 is 8.42 Å². The van der Waals surface area contributed by atoms with Crippen LogP contribution < -0.4 is 4.72 Å². The van der Waals surface area contributed by atoms with E-state index in [9.17, 15) is 8.42 Å². The first-order chi connectivity index (χ1) is 11.4. The summed E-state index contributed by atoms with van der Waals surface area (Å²) in [4.78, 5) is 0.231. The minimum atomic E-state index is -3.44. The number of benzene rings is 2. The van der Waals surface area contributed by atoms with Gasteiger partial charge in [-0.05, 0) is 51.2 Å². The summed E-state index contributed by atoms with van der Waals surface area (Å²) in [6, 6.07) is 16.9. The van der Waals surface area contributed by atoms with Crippen molar-refractivity contribution in [3.8, 4) is 16.9 Å². The monoisotopic (exact) mass is 341 g/mol. The standard InChI is InChI=1S/C18H19N3O2S/c1-13-4-6-15(7-5-13)18-12-14(2)20-21(18)16-8-10-17(11-9-16)24(22,23)19-3/h4-12,19H,1-3H3. The van der Waals surface area contributed by atoms with Gasteiger partial charge in [0.2, 0.25) is 10.0 Å². The van der Waals surface area contributed by atoms with E-state index in [0.29, 0.717) is 0 Å². The Hall–Kier alpha value is -2.44. The third kappa shape index (κ3) is 3.11. The highest BCUT2D eigenvalue weighted by molar-refractivity contribution is 7.89. The summed E-state index contributed by atoms with van der Waals surface area (Å²) >= 11 is 0. The van der Waals surface area contributed by atoms with Crippen LogP contribution >= 0.6 is 0 Å². The molecule has 5 nitrogen and oxygen atoms in total. The van der Waals surface area contributed by atoms with Gasteiger partial charge in [0, 0.05) is 5.56 Å². The maximum absolute atomic E-state index is 11.8. The molecule has 0 aliphatic carbocycles. The van der Waals surface area contributed by atoms with Crippen molar-refractivity contribution in [3.05, 3.63) is 65.9 Å². The molecular formula is C18H19N3O2S. The van der Waals surface area contributed by atoms with Gasteiger partial charge in [-0.3, -0.25) is 0 Å². The molecule has 2 aromatic carbocycles. The molecule has 1 heterocycles. The molecule has 0 aliphatic rings. The zero-order valence-electron chi connectivity index (χ0n) is 13.8. The summed E-state index contributed by atoms with van der Waals surface area (Å²) < 4.78 is 27.8. The second-order valence-corrected chi connectivity index (χ2v) is 7.54. The number of nitrogens with one attached hydrogen (secondary N) is 1. The molecule has 0 spiro atoms. The van der Waals surface area contributed by atoms with Crippen LogP contribution in [0.4, 0.5) is 0 Å². The molecule has 0 atom stereocenters. The molecule has 0 saturated carbocycles. The fourth-order valence-electron chi connectivity index (χ4n) is 2.51. The van der Waals surface area contributed by atoms with Gasteiger partial charge in [-0.2, -0.15) is 5.10 Å². The Balaban J connectivity index is 2.06. The molecule has 0 radical (unpaired) electrons. The molecule has 124 valence electrons. The Morgan fingerprint density at radius 3 is 2.17 bits per heavy atom. The normalized spacial score (nSPS) is 11.6. The van der Waals surface area contributed by atoms with Gasteiger partial charge in [0.15, 0.2) is 0 Å². The first-order valence-corrected chi connectivity index (χ1v) is 9.07. The quantitative estimate of drug-likeness (QED) is 0.793. The molecular weight excluding hydrogens is 322 g/mol. The maximum Gasteiger partial charge on any atom is 0.240 e. The summed E-state index contributed by atoms with van der Waals surface area (Å²) in [6.45, 7) is 3.99. The lowest BCUT2D eigenvalue weighted by atomic mass is 10.1. The van der Waals surface area contributed by atoms with E-state index in [-0.39, 0.29) is 4.90 Å². The van der Waals surface area contributed by atoms with Crippen molar-refractivity contribution in [1.82, 2.24) is 14.5 Å². The third-order valence-electron chi connectivity index (χ3n) is 3.84. The van der Waals surface area contributed by atoms with Crippen LogP contribution in [0.2, 0.25) is 0 Å². The van der Waals surface area contributed by atoms with E-state index < -0.39 is 10.0 Å². The summed E-state index contributed by atoms with van der Waals surface area (Å²) in [7, 11) is -2.04. The van der Waals surface area contributed by atoms with Crippen LogP contribution in [-0.2, 0) is 10.0 Å². The lowest BCUT2D eigenvalue weighted by molar-refractivity contribution is 0.588. The molecule has 1 N–H and O–H groups in total. The molecule has 0 bridgehead atoms. The number of aromatic nitrogens is 2. The van der Waals surface area contributed by atoms with E-state index >= 15 is 0 Å². The first-order valence-electron chi connectivity index (χ1n) is 7.58. The summed E-state index contributed by atoms with van der Waals surface area (Å²) in [5.41, 5.74) is 4.94. The van der Waals surface area contributed by atoms with Gasteiger partial charge in [-0.1, -0.05) is 29.8 Å². The average Bonchev–Trinajstić information content (AvgIpc) is 2.97. The van der Waals surface area contributed by atoms with E-state index in [1.165, 1.54) is 12.6 Å². The Kier molecular flexibility index (Phi) is 4.26. The van der Waals surface area contributed by atoms with Gasteiger partial charge in [0.05, 0.1) is 22.0 Å². The first kappa shape index (κ1) is 16.4. The van der Waals surface area contributed by atoms with Crippen LogP contribution in [0.3, 0.4) is 0 Å². The zero-order valence-corrected chi connectivity index (χ0v) is 14.6. The predicted molar refractivity (Wildman–Crippen MR) is 94.7 cm³/mol. The highest BCUT2D eigenvalue weighted by Crippen LogP contribution is 2.25. The predicted octanol–water partition coefficient (Wildman–Crippen LogP) is 3.06. The fourth-order valence-corrected chi connectivity index (χ4v) is 3.24. The molecule has 24 heavy (non-hydrogen) atoms. The van der Waals surface area contributed by atoms with Crippen LogP contribution in [0.25, 0.3) is 16.9 Å². The van der Waals surface area contributed by atoms with Gasteiger partial charge >= 0.3 is 0 Å². The number of hydrogen-bond donors (Lipinski definition) is 1. The molecule has 0 aliphatic heterocycles. The summed E-state index contributed by atoms with van der Waals surface area (Å²) in [5.74, 6) is 0. The van der Waals surface area contributed by atoms with Gasteiger partial charge < -0.3 is 0 Å². The van der Waals surface area contributed by atoms with Crippen LogP contribution in [0.5, 0.6) is 0 Å². The fraction of sp³-hybridized carbons (Fsp3) is 0.167. The largest absolute Gasteiger partial charge is 0.240 e. The van der Waals surface area contributed by atoms with E-state index in [2.05, 4.69) is 34.1 Å². The average molecular weight is 341 g/mol. The molecule has 3 aromatic rings. The Bertz CT molecular complexity index is 957.